The summed E-state index contributed by atoms with van der Waals surface area (Å²) in [6, 6.07) is 2.91. The Morgan fingerprint density at radius 1 is 1.23 bits per heavy atom. The largest absolute Gasteiger partial charge is 0.397 e. The maximum absolute atomic E-state index is 10.7. The van der Waals surface area contributed by atoms with E-state index >= 15 is 0 Å². The predicted octanol–water partition coefficient (Wildman–Crippen LogP) is 3.38. The maximum atomic E-state index is 10.7. The van der Waals surface area contributed by atoms with Gasteiger partial charge in [-0.2, -0.15) is 0 Å². The lowest BCUT2D eigenvalue weighted by Crippen LogP contribution is -1.94. The number of hydrogen-bond donors (Lipinski definition) is 1. The first-order chi connectivity index (χ1) is 5.54. The lowest BCUT2D eigenvalue weighted by atomic mass is 10.2. The summed E-state index contributed by atoms with van der Waals surface area (Å²) in [6.45, 7) is 0. The summed E-state index contributed by atoms with van der Waals surface area (Å²) in [5.74, 6) is 0. The Morgan fingerprint density at radius 2 is 1.77 bits per heavy atom. The third-order valence-corrected chi connectivity index (χ3v) is 2.42. The zero-order valence-electron chi connectivity index (χ0n) is 6.18. The first-order valence-electron chi connectivity index (χ1n) is 2.97. The van der Waals surface area contributed by atoms with Crippen molar-refractivity contribution in [1.29, 1.82) is 0 Å². The van der Waals surface area contributed by atoms with Crippen molar-refractivity contribution in [2.75, 3.05) is 5.73 Å². The number of hydrogen-bond acceptors (Lipinski definition) is 2. The molecular formula is C7H5Cl4NO. The number of carbonyl (C=O) groups is 1. The highest BCUT2D eigenvalue weighted by molar-refractivity contribution is 6.69. The Bertz CT molecular complexity index is 340. The summed E-state index contributed by atoms with van der Waals surface area (Å²) in [5, 5.41) is -0.401. The molecule has 0 heterocycles. The third kappa shape index (κ3) is 2.64. The Kier molecular flexibility index (Phi) is 4.86. The summed E-state index contributed by atoms with van der Waals surface area (Å²) in [7, 11) is 0. The molecule has 0 saturated heterocycles. The van der Waals surface area contributed by atoms with Crippen molar-refractivity contribution in [3.8, 4) is 0 Å². The van der Waals surface area contributed by atoms with E-state index in [9.17, 15) is 4.79 Å². The number of carbonyl (C=O) groups excluding carboxylic acids is 1. The quantitative estimate of drug-likeness (QED) is 0.622. The second kappa shape index (κ2) is 4.91. The fourth-order valence-corrected chi connectivity index (χ4v) is 1.34. The Balaban J connectivity index is 0.00000144. The average molecular weight is 261 g/mol. The lowest BCUT2D eigenvalue weighted by molar-refractivity contribution is 0.108. The summed E-state index contributed by atoms with van der Waals surface area (Å²) in [5.41, 5.74) is 5.91. The fourth-order valence-electron chi connectivity index (χ4n) is 0.716. The van der Waals surface area contributed by atoms with Crippen LogP contribution in [0, 0.1) is 0 Å². The van der Waals surface area contributed by atoms with E-state index in [1.165, 1.54) is 12.1 Å². The van der Waals surface area contributed by atoms with E-state index < -0.39 is 5.24 Å². The van der Waals surface area contributed by atoms with E-state index in [1.54, 1.807) is 0 Å². The van der Waals surface area contributed by atoms with E-state index in [1.807, 2.05) is 0 Å². The number of nitrogen functional groups attached to an aromatic ring is 1. The van der Waals surface area contributed by atoms with Crippen LogP contribution < -0.4 is 5.73 Å². The smallest absolute Gasteiger partial charge is 0.253 e. The highest BCUT2D eigenvalue weighted by atomic mass is 35.5. The summed E-state index contributed by atoms with van der Waals surface area (Å²) in [4.78, 5) is 10.7. The maximum Gasteiger partial charge on any atom is 0.253 e. The Morgan fingerprint density at radius 3 is 2.23 bits per heavy atom. The Hall–Kier alpha value is -0.150. The van der Waals surface area contributed by atoms with Gasteiger partial charge in [0, 0.05) is 0 Å². The van der Waals surface area contributed by atoms with E-state index in [-0.39, 0.29) is 28.0 Å². The Labute approximate surface area is 96.4 Å². The van der Waals surface area contributed by atoms with E-state index in [0.717, 1.165) is 0 Å². The van der Waals surface area contributed by atoms with Crippen LogP contribution in [0.5, 0.6) is 0 Å². The molecular weight excluding hydrogens is 256 g/mol. The second-order valence-corrected chi connectivity index (χ2v) is 3.20. The van der Waals surface area contributed by atoms with Crippen molar-refractivity contribution in [3.63, 3.8) is 0 Å². The molecule has 0 amide bonds. The van der Waals surface area contributed by atoms with Crippen molar-refractivity contribution in [1.82, 2.24) is 0 Å². The summed E-state index contributed by atoms with van der Waals surface area (Å²) >= 11 is 16.5. The monoisotopic (exact) mass is 259 g/mol. The van der Waals surface area contributed by atoms with Crippen LogP contribution in [0.25, 0.3) is 0 Å². The fraction of sp³-hybridized carbons (Fsp3) is 0. The van der Waals surface area contributed by atoms with Gasteiger partial charge < -0.3 is 5.73 Å². The van der Waals surface area contributed by atoms with E-state index in [0.29, 0.717) is 5.69 Å². The highest BCUT2D eigenvalue weighted by Gasteiger charge is 2.12. The van der Waals surface area contributed by atoms with Gasteiger partial charge in [0.2, 0.25) is 0 Å². The van der Waals surface area contributed by atoms with Crippen LogP contribution in [0.1, 0.15) is 10.4 Å². The van der Waals surface area contributed by atoms with Crippen molar-refractivity contribution >= 4 is 58.1 Å². The van der Waals surface area contributed by atoms with E-state index in [4.69, 9.17) is 40.5 Å². The molecule has 0 spiro atoms. The number of rotatable bonds is 1. The average Bonchev–Trinajstić information content (AvgIpc) is 2.00. The van der Waals surface area contributed by atoms with Gasteiger partial charge in [0.15, 0.2) is 0 Å². The molecule has 0 aliphatic carbocycles. The SMILES string of the molecule is Cl.Nc1ccc(C(=O)Cl)c(Cl)c1Cl. The van der Waals surface area contributed by atoms with Crippen LogP contribution in [-0.4, -0.2) is 5.24 Å². The van der Waals surface area contributed by atoms with Crippen molar-refractivity contribution < 1.29 is 4.79 Å². The van der Waals surface area contributed by atoms with Crippen molar-refractivity contribution in [3.05, 3.63) is 27.7 Å². The molecule has 0 atom stereocenters. The van der Waals surface area contributed by atoms with Crippen molar-refractivity contribution in [2.45, 2.75) is 0 Å². The minimum Gasteiger partial charge on any atom is -0.397 e. The molecule has 0 fully saturated rings. The zero-order valence-corrected chi connectivity index (χ0v) is 9.27. The molecule has 1 rings (SSSR count). The molecule has 1 aromatic carbocycles. The molecule has 2 nitrogen and oxygen atoms in total. The van der Waals surface area contributed by atoms with Crippen molar-refractivity contribution in [2.24, 2.45) is 0 Å². The third-order valence-electron chi connectivity index (χ3n) is 1.32. The predicted molar refractivity (Wildman–Crippen MR) is 58.3 cm³/mol. The number of halogens is 4. The molecule has 0 unspecified atom stereocenters. The second-order valence-electron chi connectivity index (χ2n) is 2.10. The van der Waals surface area contributed by atoms with Gasteiger partial charge in [0.1, 0.15) is 0 Å². The minimum atomic E-state index is -0.651. The van der Waals surface area contributed by atoms with Gasteiger partial charge in [-0.3, -0.25) is 4.79 Å². The standard InChI is InChI=1S/C7H4Cl3NO.ClH/c8-5-3(7(10)12)1-2-4(11)6(5)9;/h1-2H,11H2;1H. The first kappa shape index (κ1) is 12.8. The molecule has 6 heteroatoms. The van der Waals surface area contributed by atoms with Crippen LogP contribution >= 0.6 is 47.2 Å². The molecule has 13 heavy (non-hydrogen) atoms. The van der Waals surface area contributed by atoms with Gasteiger partial charge >= 0.3 is 0 Å². The first-order valence-corrected chi connectivity index (χ1v) is 4.10. The normalized spacial score (nSPS) is 9.15. The summed E-state index contributed by atoms with van der Waals surface area (Å²) < 4.78 is 0. The van der Waals surface area contributed by atoms with Gasteiger partial charge in [-0.1, -0.05) is 23.2 Å². The van der Waals surface area contributed by atoms with E-state index in [2.05, 4.69) is 0 Å². The molecule has 0 bridgehead atoms. The molecule has 72 valence electrons. The number of benzene rings is 1. The molecule has 0 radical (unpaired) electrons. The molecule has 0 aliphatic rings. The summed E-state index contributed by atoms with van der Waals surface area (Å²) in [6.07, 6.45) is 0. The molecule has 0 aliphatic heterocycles. The van der Waals surface area contributed by atoms with Crippen LogP contribution in [0.2, 0.25) is 10.0 Å². The molecule has 1 aromatic rings. The van der Waals surface area contributed by atoms with Crippen LogP contribution in [0.15, 0.2) is 12.1 Å². The lowest BCUT2D eigenvalue weighted by Gasteiger charge is -2.02. The zero-order chi connectivity index (χ0) is 9.30. The minimum absolute atomic E-state index is 0. The van der Waals surface area contributed by atoms with Gasteiger partial charge in [-0.15, -0.1) is 12.4 Å². The highest BCUT2D eigenvalue weighted by Crippen LogP contribution is 2.31. The van der Waals surface area contributed by atoms with Crippen LogP contribution in [-0.2, 0) is 0 Å². The molecule has 2 N–H and O–H groups in total. The van der Waals surface area contributed by atoms with Crippen LogP contribution in [0.3, 0.4) is 0 Å². The molecule has 0 aromatic heterocycles. The van der Waals surface area contributed by atoms with Gasteiger partial charge in [-0.25, -0.2) is 0 Å². The van der Waals surface area contributed by atoms with Gasteiger partial charge in [0.25, 0.3) is 5.24 Å². The van der Waals surface area contributed by atoms with Gasteiger partial charge in [-0.05, 0) is 23.7 Å². The van der Waals surface area contributed by atoms with Gasteiger partial charge in [0.05, 0.1) is 21.3 Å². The number of anilines is 1. The topological polar surface area (TPSA) is 43.1 Å². The van der Waals surface area contributed by atoms with Crippen LogP contribution in [0.4, 0.5) is 5.69 Å². The number of nitrogens with two attached hydrogens (primary N) is 1. The molecule has 0 saturated carbocycles.